The van der Waals surface area contributed by atoms with E-state index >= 15 is 0 Å². The van der Waals surface area contributed by atoms with Crippen molar-refractivity contribution in [1.29, 1.82) is 5.26 Å². The summed E-state index contributed by atoms with van der Waals surface area (Å²) in [6, 6.07) is 8.65. The van der Waals surface area contributed by atoms with Crippen molar-refractivity contribution in [1.82, 2.24) is 0 Å². The van der Waals surface area contributed by atoms with Gasteiger partial charge in [-0.25, -0.2) is 0 Å². The normalized spacial score (nSPS) is 13.3. The maximum Gasteiger partial charge on any atom is 0.221 e. The molecule has 2 unspecified atom stereocenters. The van der Waals surface area contributed by atoms with Crippen LogP contribution in [0.3, 0.4) is 0 Å². The summed E-state index contributed by atoms with van der Waals surface area (Å²) < 4.78 is 0. The lowest BCUT2D eigenvalue weighted by Gasteiger charge is -2.30. The van der Waals surface area contributed by atoms with Crippen LogP contribution in [-0.2, 0) is 4.79 Å². The molecule has 0 spiro atoms. The molecular formula is C13H17N3O2. The zero-order valence-electron chi connectivity index (χ0n) is 10.7. The number of nitriles is 1. The van der Waals surface area contributed by atoms with E-state index in [0.717, 1.165) is 0 Å². The lowest BCUT2D eigenvalue weighted by Crippen LogP contribution is -2.39. The highest BCUT2D eigenvalue weighted by Gasteiger charge is 2.18. The van der Waals surface area contributed by atoms with Crippen molar-refractivity contribution in [2.75, 3.05) is 10.2 Å². The lowest BCUT2D eigenvalue weighted by atomic mass is 10.2. The summed E-state index contributed by atoms with van der Waals surface area (Å²) in [5.74, 6) is -0.163. The van der Waals surface area contributed by atoms with Gasteiger partial charge in [0.2, 0.25) is 5.91 Å². The Morgan fingerprint density at radius 2 is 2.17 bits per heavy atom. The maximum atomic E-state index is 11.0. The summed E-state index contributed by atoms with van der Waals surface area (Å²) in [5, 5.41) is 21.4. The molecule has 96 valence electrons. The van der Waals surface area contributed by atoms with Crippen LogP contribution in [0.1, 0.15) is 20.8 Å². The molecule has 5 heteroatoms. The maximum absolute atomic E-state index is 11.0. The second-order valence-corrected chi connectivity index (χ2v) is 4.08. The van der Waals surface area contributed by atoms with Gasteiger partial charge in [0.15, 0.2) is 0 Å². The predicted octanol–water partition coefficient (Wildman–Crippen LogP) is 1.70. The van der Waals surface area contributed by atoms with Crippen LogP contribution in [0.4, 0.5) is 11.4 Å². The molecule has 0 fully saturated rings. The number of hydrogen-bond donors (Lipinski definition) is 2. The van der Waals surface area contributed by atoms with Crippen molar-refractivity contribution in [3.63, 3.8) is 0 Å². The number of hydrogen-bond acceptors (Lipinski definition) is 4. The summed E-state index contributed by atoms with van der Waals surface area (Å²) in [5.41, 5.74) is 1.32. The number of rotatable bonds is 4. The fraction of sp³-hybridized carbons (Fsp3) is 0.385. The third kappa shape index (κ3) is 3.47. The molecule has 2 N–H and O–H groups in total. The largest absolute Gasteiger partial charge is 0.374 e. The van der Waals surface area contributed by atoms with Crippen LogP contribution in [0.2, 0.25) is 0 Å². The van der Waals surface area contributed by atoms with Crippen LogP contribution in [0.15, 0.2) is 24.3 Å². The van der Waals surface area contributed by atoms with Crippen molar-refractivity contribution in [2.24, 2.45) is 0 Å². The highest BCUT2D eigenvalue weighted by atomic mass is 16.3. The molecule has 0 saturated carbocycles. The van der Waals surface area contributed by atoms with E-state index in [2.05, 4.69) is 11.4 Å². The molecular weight excluding hydrogens is 230 g/mol. The summed E-state index contributed by atoms with van der Waals surface area (Å²) in [7, 11) is 0. The van der Waals surface area contributed by atoms with Crippen LogP contribution >= 0.6 is 0 Å². The molecule has 0 saturated heterocycles. The molecule has 1 amide bonds. The standard InChI is InChI=1S/C13H17N3O2/c1-9(8-14)16(11(3)18)13-6-4-5-12(7-13)15-10(2)17/h4-7,9,11,18H,1-3H3,(H,15,17). The van der Waals surface area contributed by atoms with Crippen LogP contribution in [0.25, 0.3) is 0 Å². The van der Waals surface area contributed by atoms with Gasteiger partial charge in [-0.2, -0.15) is 5.26 Å². The van der Waals surface area contributed by atoms with E-state index in [1.807, 2.05) is 0 Å². The Morgan fingerprint density at radius 1 is 1.50 bits per heavy atom. The Balaban J connectivity index is 3.06. The summed E-state index contributed by atoms with van der Waals surface area (Å²) in [4.78, 5) is 12.6. The van der Waals surface area contributed by atoms with Gasteiger partial charge < -0.3 is 15.3 Å². The van der Waals surface area contributed by atoms with Crippen LogP contribution < -0.4 is 10.2 Å². The van der Waals surface area contributed by atoms with Gasteiger partial charge in [-0.15, -0.1) is 0 Å². The van der Waals surface area contributed by atoms with Gasteiger partial charge >= 0.3 is 0 Å². The minimum absolute atomic E-state index is 0.163. The van der Waals surface area contributed by atoms with Gasteiger partial charge in [0.25, 0.3) is 0 Å². The second kappa shape index (κ2) is 6.03. The first-order valence-corrected chi connectivity index (χ1v) is 5.69. The average molecular weight is 247 g/mol. The van der Waals surface area contributed by atoms with Gasteiger partial charge in [-0.05, 0) is 32.0 Å². The highest BCUT2D eigenvalue weighted by molar-refractivity contribution is 5.89. The number of aliphatic hydroxyl groups excluding tert-OH is 1. The van der Waals surface area contributed by atoms with Crippen LogP contribution in [-0.4, -0.2) is 23.3 Å². The Hall–Kier alpha value is -2.06. The van der Waals surface area contributed by atoms with Crippen molar-refractivity contribution >= 4 is 17.3 Å². The number of amides is 1. The number of benzene rings is 1. The molecule has 2 atom stereocenters. The third-order valence-electron chi connectivity index (χ3n) is 2.47. The van der Waals surface area contributed by atoms with E-state index in [1.165, 1.54) is 6.92 Å². The van der Waals surface area contributed by atoms with Crippen molar-refractivity contribution in [3.05, 3.63) is 24.3 Å². The van der Waals surface area contributed by atoms with Gasteiger partial charge in [0.05, 0.1) is 6.07 Å². The van der Waals surface area contributed by atoms with E-state index in [9.17, 15) is 9.90 Å². The average Bonchev–Trinajstić information content (AvgIpc) is 2.28. The van der Waals surface area contributed by atoms with Gasteiger partial charge in [0, 0.05) is 18.3 Å². The first kappa shape index (κ1) is 14.0. The minimum Gasteiger partial charge on any atom is -0.374 e. The Morgan fingerprint density at radius 3 is 2.67 bits per heavy atom. The molecule has 0 aliphatic rings. The Bertz CT molecular complexity index is 466. The first-order valence-electron chi connectivity index (χ1n) is 5.69. The van der Waals surface area contributed by atoms with E-state index in [1.54, 1.807) is 43.0 Å². The van der Waals surface area contributed by atoms with E-state index in [4.69, 9.17) is 5.26 Å². The number of nitrogens with one attached hydrogen (secondary N) is 1. The van der Waals surface area contributed by atoms with Crippen molar-refractivity contribution in [2.45, 2.75) is 33.0 Å². The van der Waals surface area contributed by atoms with Gasteiger partial charge in [0.1, 0.15) is 12.3 Å². The molecule has 5 nitrogen and oxygen atoms in total. The second-order valence-electron chi connectivity index (χ2n) is 4.08. The summed E-state index contributed by atoms with van der Waals surface area (Å²) >= 11 is 0. The Labute approximate surface area is 107 Å². The molecule has 0 aliphatic carbocycles. The molecule has 1 aromatic rings. The summed E-state index contributed by atoms with van der Waals surface area (Å²) in [6.45, 7) is 4.73. The van der Waals surface area contributed by atoms with E-state index < -0.39 is 12.3 Å². The molecule has 0 radical (unpaired) electrons. The SMILES string of the molecule is CC(=O)Nc1cccc(N(C(C)O)C(C)C#N)c1. The monoisotopic (exact) mass is 247 g/mol. The number of aliphatic hydroxyl groups is 1. The van der Waals surface area contributed by atoms with Gasteiger partial charge in [-0.1, -0.05) is 6.07 Å². The number of carbonyl (C=O) groups excluding carboxylic acids is 1. The Kier molecular flexibility index (Phi) is 4.69. The predicted molar refractivity (Wildman–Crippen MR) is 70.0 cm³/mol. The smallest absolute Gasteiger partial charge is 0.221 e. The number of anilines is 2. The number of nitrogens with zero attached hydrogens (tertiary/aromatic N) is 2. The van der Waals surface area contributed by atoms with Gasteiger partial charge in [-0.3, -0.25) is 4.79 Å². The third-order valence-corrected chi connectivity index (χ3v) is 2.47. The first-order chi connectivity index (χ1) is 8.45. The molecule has 1 rings (SSSR count). The lowest BCUT2D eigenvalue weighted by molar-refractivity contribution is -0.114. The topological polar surface area (TPSA) is 76.4 Å². The van der Waals surface area contributed by atoms with Crippen LogP contribution in [0, 0.1) is 11.3 Å². The number of carbonyl (C=O) groups is 1. The summed E-state index contributed by atoms with van der Waals surface area (Å²) in [6.07, 6.45) is -0.785. The zero-order chi connectivity index (χ0) is 13.7. The molecule has 1 aromatic carbocycles. The molecule has 0 heterocycles. The minimum atomic E-state index is -0.785. The molecule has 0 aliphatic heterocycles. The van der Waals surface area contributed by atoms with Crippen LogP contribution in [0.5, 0.6) is 0 Å². The molecule has 18 heavy (non-hydrogen) atoms. The van der Waals surface area contributed by atoms with Crippen molar-refractivity contribution in [3.8, 4) is 6.07 Å². The van der Waals surface area contributed by atoms with E-state index in [0.29, 0.717) is 11.4 Å². The fourth-order valence-corrected chi connectivity index (χ4v) is 1.77. The quantitative estimate of drug-likeness (QED) is 0.794. The molecule has 0 bridgehead atoms. The fourth-order valence-electron chi connectivity index (χ4n) is 1.77. The van der Waals surface area contributed by atoms with E-state index in [-0.39, 0.29) is 5.91 Å². The zero-order valence-corrected chi connectivity index (χ0v) is 10.7. The van der Waals surface area contributed by atoms with Crippen molar-refractivity contribution < 1.29 is 9.90 Å². The highest BCUT2D eigenvalue weighted by Crippen LogP contribution is 2.23. The molecule has 0 aromatic heterocycles.